The number of nitrogens with one attached hydrogen (secondary N) is 2. The highest BCUT2D eigenvalue weighted by Crippen LogP contribution is 2.15. The number of carbonyl (C=O) groups is 2. The molecule has 1 rings (SSSR count). The van der Waals surface area contributed by atoms with Gasteiger partial charge in [-0.2, -0.15) is 0 Å². The largest absolute Gasteiger partial charge is 0.481 e. The van der Waals surface area contributed by atoms with E-state index in [4.69, 9.17) is 5.11 Å². The van der Waals surface area contributed by atoms with E-state index in [2.05, 4.69) is 10.0 Å². The Labute approximate surface area is 105 Å². The van der Waals surface area contributed by atoms with Gasteiger partial charge in [-0.1, -0.05) is 0 Å². The van der Waals surface area contributed by atoms with Crippen LogP contribution in [-0.4, -0.2) is 62.9 Å². The van der Waals surface area contributed by atoms with Gasteiger partial charge in [0.2, 0.25) is 10.0 Å². The minimum Gasteiger partial charge on any atom is -0.481 e. The molecule has 104 valence electrons. The highest BCUT2D eigenvalue weighted by atomic mass is 32.2. The van der Waals surface area contributed by atoms with Crippen molar-refractivity contribution in [2.45, 2.75) is 6.42 Å². The number of hydrogen-bond donors (Lipinski definition) is 3. The van der Waals surface area contributed by atoms with Crippen molar-refractivity contribution in [2.24, 2.45) is 5.92 Å². The fourth-order valence-corrected chi connectivity index (χ4v) is 2.14. The second-order valence-corrected chi connectivity index (χ2v) is 6.00. The number of hydrogen-bond acceptors (Lipinski definition) is 4. The summed E-state index contributed by atoms with van der Waals surface area (Å²) < 4.78 is 23.7. The van der Waals surface area contributed by atoms with Gasteiger partial charge in [0.05, 0.1) is 12.2 Å². The fraction of sp³-hybridized carbons (Fsp3) is 0.778. The molecule has 0 aliphatic carbocycles. The van der Waals surface area contributed by atoms with Crippen molar-refractivity contribution in [1.82, 2.24) is 14.9 Å². The molecule has 0 radical (unpaired) electrons. The normalized spacial score (nSPS) is 19.8. The van der Waals surface area contributed by atoms with Crippen LogP contribution in [0, 0.1) is 5.92 Å². The summed E-state index contributed by atoms with van der Waals surface area (Å²) in [5.41, 5.74) is 0. The summed E-state index contributed by atoms with van der Waals surface area (Å²) in [6.45, 7) is 0.879. The SMILES string of the molecule is CS(=O)(=O)NCCNC(=O)N1CCC(C(=O)O)C1. The highest BCUT2D eigenvalue weighted by Gasteiger charge is 2.30. The minimum absolute atomic E-state index is 0.112. The van der Waals surface area contributed by atoms with Crippen LogP contribution in [0.2, 0.25) is 0 Å². The molecule has 1 aliphatic rings. The summed E-state index contributed by atoms with van der Waals surface area (Å²) in [6, 6.07) is -0.367. The van der Waals surface area contributed by atoms with E-state index in [1.165, 1.54) is 4.90 Å². The number of amides is 2. The lowest BCUT2D eigenvalue weighted by Crippen LogP contribution is -2.42. The number of aliphatic carboxylic acids is 1. The van der Waals surface area contributed by atoms with Crippen molar-refractivity contribution in [1.29, 1.82) is 0 Å². The van der Waals surface area contributed by atoms with Crippen LogP contribution in [-0.2, 0) is 14.8 Å². The standard InChI is InChI=1S/C9H17N3O5S/c1-18(16,17)11-4-3-10-9(15)12-5-2-7(6-12)8(13)14/h7,11H,2-6H2,1H3,(H,10,15)(H,13,14). The number of carboxylic acid groups (broad SMARTS) is 1. The van der Waals surface area contributed by atoms with Crippen molar-refractivity contribution in [3.05, 3.63) is 0 Å². The first-order valence-corrected chi connectivity index (χ1v) is 7.39. The Bertz CT molecular complexity index is 422. The van der Waals surface area contributed by atoms with Gasteiger partial charge in [0.1, 0.15) is 0 Å². The van der Waals surface area contributed by atoms with Crippen molar-refractivity contribution >= 4 is 22.0 Å². The highest BCUT2D eigenvalue weighted by molar-refractivity contribution is 7.88. The van der Waals surface area contributed by atoms with Crippen molar-refractivity contribution in [2.75, 3.05) is 32.4 Å². The van der Waals surface area contributed by atoms with E-state index >= 15 is 0 Å². The third-order valence-corrected chi connectivity index (χ3v) is 3.32. The summed E-state index contributed by atoms with van der Waals surface area (Å²) in [6.07, 6.45) is 1.48. The third-order valence-electron chi connectivity index (χ3n) is 2.59. The van der Waals surface area contributed by atoms with Gasteiger partial charge in [0, 0.05) is 26.2 Å². The van der Waals surface area contributed by atoms with E-state index in [1.54, 1.807) is 0 Å². The summed E-state index contributed by atoms with van der Waals surface area (Å²) in [4.78, 5) is 23.7. The maximum atomic E-state index is 11.6. The average Bonchev–Trinajstić information content (AvgIpc) is 2.72. The Morgan fingerprint density at radius 3 is 2.56 bits per heavy atom. The van der Waals surface area contributed by atoms with Crippen LogP contribution in [0.1, 0.15) is 6.42 Å². The number of nitrogens with zero attached hydrogens (tertiary/aromatic N) is 1. The molecule has 0 bridgehead atoms. The maximum Gasteiger partial charge on any atom is 0.317 e. The van der Waals surface area contributed by atoms with E-state index in [0.717, 1.165) is 6.26 Å². The molecule has 0 aromatic carbocycles. The average molecular weight is 279 g/mol. The summed E-state index contributed by atoms with van der Waals surface area (Å²) >= 11 is 0. The molecule has 0 aromatic rings. The van der Waals surface area contributed by atoms with Crippen LogP contribution in [0.25, 0.3) is 0 Å². The van der Waals surface area contributed by atoms with Crippen LogP contribution in [0.3, 0.4) is 0 Å². The monoisotopic (exact) mass is 279 g/mol. The zero-order valence-corrected chi connectivity index (χ0v) is 10.9. The molecule has 2 amide bonds. The third kappa shape index (κ3) is 4.88. The Kier molecular flexibility index (Phi) is 4.91. The molecule has 0 spiro atoms. The first kappa shape index (κ1) is 14.7. The molecule has 18 heavy (non-hydrogen) atoms. The second kappa shape index (κ2) is 6.01. The molecular weight excluding hydrogens is 262 g/mol. The number of sulfonamides is 1. The van der Waals surface area contributed by atoms with Crippen LogP contribution in [0.4, 0.5) is 4.79 Å². The summed E-state index contributed by atoms with van der Waals surface area (Å²) in [5, 5.41) is 11.3. The van der Waals surface area contributed by atoms with Gasteiger partial charge in [-0.25, -0.2) is 17.9 Å². The number of carbonyl (C=O) groups excluding carboxylic acids is 1. The zero-order chi connectivity index (χ0) is 13.8. The summed E-state index contributed by atoms with van der Waals surface area (Å²) in [5.74, 6) is -1.41. The number of likely N-dealkylation sites (tertiary alicyclic amines) is 1. The van der Waals surface area contributed by atoms with Crippen LogP contribution in [0.5, 0.6) is 0 Å². The second-order valence-electron chi connectivity index (χ2n) is 4.17. The molecule has 3 N–H and O–H groups in total. The van der Waals surface area contributed by atoms with E-state index in [0.29, 0.717) is 13.0 Å². The number of urea groups is 1. The first-order chi connectivity index (χ1) is 8.29. The zero-order valence-electron chi connectivity index (χ0n) is 10.0. The molecule has 1 aliphatic heterocycles. The Morgan fingerprint density at radius 2 is 2.06 bits per heavy atom. The van der Waals surface area contributed by atoms with E-state index < -0.39 is 21.9 Å². The molecule has 1 unspecified atom stereocenters. The number of rotatable bonds is 5. The van der Waals surface area contributed by atoms with Crippen molar-refractivity contribution in [3.63, 3.8) is 0 Å². The van der Waals surface area contributed by atoms with Gasteiger partial charge in [-0.05, 0) is 6.42 Å². The van der Waals surface area contributed by atoms with E-state index in [9.17, 15) is 18.0 Å². The van der Waals surface area contributed by atoms with Crippen LogP contribution >= 0.6 is 0 Å². The number of carboxylic acids is 1. The van der Waals surface area contributed by atoms with Crippen LogP contribution in [0.15, 0.2) is 0 Å². The molecule has 0 aromatic heterocycles. The molecular formula is C9H17N3O5S. The lowest BCUT2D eigenvalue weighted by atomic mass is 10.1. The molecule has 1 saturated heterocycles. The Balaban J connectivity index is 2.24. The lowest BCUT2D eigenvalue weighted by Gasteiger charge is -2.16. The predicted octanol–water partition coefficient (Wildman–Crippen LogP) is -1.35. The Morgan fingerprint density at radius 1 is 1.39 bits per heavy atom. The summed E-state index contributed by atoms with van der Waals surface area (Å²) in [7, 11) is -3.25. The fourth-order valence-electron chi connectivity index (χ4n) is 1.66. The molecule has 1 heterocycles. The topological polar surface area (TPSA) is 116 Å². The minimum atomic E-state index is -3.25. The predicted molar refractivity (Wildman–Crippen MR) is 63.6 cm³/mol. The molecule has 0 saturated carbocycles. The molecule has 9 heteroatoms. The Hall–Kier alpha value is -1.35. The van der Waals surface area contributed by atoms with Crippen molar-refractivity contribution in [3.8, 4) is 0 Å². The van der Waals surface area contributed by atoms with Gasteiger partial charge in [-0.15, -0.1) is 0 Å². The molecule has 1 atom stereocenters. The van der Waals surface area contributed by atoms with Gasteiger partial charge < -0.3 is 15.3 Å². The quantitative estimate of drug-likeness (QED) is 0.538. The smallest absolute Gasteiger partial charge is 0.317 e. The van der Waals surface area contributed by atoms with Crippen LogP contribution < -0.4 is 10.0 Å². The lowest BCUT2D eigenvalue weighted by molar-refractivity contribution is -0.141. The van der Waals surface area contributed by atoms with E-state index in [-0.39, 0.29) is 25.7 Å². The maximum absolute atomic E-state index is 11.6. The van der Waals surface area contributed by atoms with Gasteiger partial charge >= 0.3 is 12.0 Å². The van der Waals surface area contributed by atoms with Crippen molar-refractivity contribution < 1.29 is 23.1 Å². The van der Waals surface area contributed by atoms with E-state index in [1.807, 2.05) is 0 Å². The molecule has 1 fully saturated rings. The van der Waals surface area contributed by atoms with Gasteiger partial charge in [0.25, 0.3) is 0 Å². The van der Waals surface area contributed by atoms with Gasteiger partial charge in [0.15, 0.2) is 0 Å². The first-order valence-electron chi connectivity index (χ1n) is 5.50. The van der Waals surface area contributed by atoms with Gasteiger partial charge in [-0.3, -0.25) is 4.79 Å². The molecule has 8 nitrogen and oxygen atoms in total.